The van der Waals surface area contributed by atoms with Crippen LogP contribution in [-0.2, 0) is 0 Å². The van der Waals surface area contributed by atoms with E-state index >= 15 is 0 Å². The van der Waals surface area contributed by atoms with Crippen LogP contribution < -0.4 is 5.32 Å². The lowest BCUT2D eigenvalue weighted by Crippen LogP contribution is -2.16. The number of aryl methyl sites for hydroxylation is 1. The fraction of sp³-hybridized carbons (Fsp3) is 0.100. The smallest absolute Gasteiger partial charge is 0.261 e. The van der Waals surface area contributed by atoms with Gasteiger partial charge in [0.25, 0.3) is 5.91 Å². The predicted molar refractivity (Wildman–Crippen MR) is 55.4 cm³/mol. The average Bonchev–Trinajstić information content (AvgIpc) is 2.71. The molecule has 0 saturated heterocycles. The molecule has 0 atom stereocenters. The monoisotopic (exact) mass is 256 g/mol. The van der Waals surface area contributed by atoms with Crippen LogP contribution in [0.5, 0.6) is 0 Å². The van der Waals surface area contributed by atoms with Gasteiger partial charge in [-0.05, 0) is 19.1 Å². The number of carbonyl (C=O) groups is 1. The first kappa shape index (κ1) is 12.1. The van der Waals surface area contributed by atoms with Gasteiger partial charge in [0.05, 0.1) is 5.56 Å². The molecule has 0 radical (unpaired) electrons. The highest BCUT2D eigenvalue weighted by atomic mass is 19.2. The normalized spacial score (nSPS) is 10.4. The molecule has 1 aromatic heterocycles. The van der Waals surface area contributed by atoms with Crippen molar-refractivity contribution in [3.8, 4) is 0 Å². The van der Waals surface area contributed by atoms with Gasteiger partial charge in [-0.1, -0.05) is 0 Å². The van der Waals surface area contributed by atoms with Gasteiger partial charge >= 0.3 is 0 Å². The summed E-state index contributed by atoms with van der Waals surface area (Å²) in [6, 6.07) is 1.50. The number of rotatable bonds is 2. The first-order valence-corrected chi connectivity index (χ1v) is 4.83. The second kappa shape index (κ2) is 4.47. The van der Waals surface area contributed by atoms with E-state index in [9.17, 15) is 18.0 Å². The van der Waals surface area contributed by atoms with Gasteiger partial charge in [-0.25, -0.2) is 13.2 Å². The van der Waals surface area contributed by atoms with E-state index in [1.807, 2.05) is 0 Å². The summed E-state index contributed by atoms with van der Waals surface area (Å²) in [5.74, 6) is -5.23. The second-order valence-electron chi connectivity index (χ2n) is 3.42. The molecule has 94 valence electrons. The van der Waals surface area contributed by atoms with Crippen LogP contribution >= 0.6 is 0 Å². The van der Waals surface area contributed by atoms with Crippen molar-refractivity contribution in [1.82, 2.24) is 15.2 Å². The summed E-state index contributed by atoms with van der Waals surface area (Å²) >= 11 is 0. The maximum absolute atomic E-state index is 13.3. The van der Waals surface area contributed by atoms with Gasteiger partial charge in [0.15, 0.2) is 17.5 Å². The SMILES string of the molecule is Cc1nc(NC(=O)c2ccc(F)c(F)c2F)n[nH]1. The van der Waals surface area contributed by atoms with Crippen LogP contribution in [0, 0.1) is 24.4 Å². The summed E-state index contributed by atoms with van der Waals surface area (Å²) in [4.78, 5) is 15.3. The number of nitrogens with zero attached hydrogens (tertiary/aromatic N) is 2. The third-order valence-corrected chi connectivity index (χ3v) is 2.10. The Balaban J connectivity index is 2.27. The summed E-state index contributed by atoms with van der Waals surface area (Å²) < 4.78 is 38.9. The van der Waals surface area contributed by atoms with Crippen LogP contribution in [-0.4, -0.2) is 21.1 Å². The van der Waals surface area contributed by atoms with E-state index in [4.69, 9.17) is 0 Å². The number of halogens is 3. The zero-order valence-corrected chi connectivity index (χ0v) is 9.09. The van der Waals surface area contributed by atoms with Crippen LogP contribution in [0.3, 0.4) is 0 Å². The van der Waals surface area contributed by atoms with E-state index in [0.717, 1.165) is 6.07 Å². The molecule has 8 heteroatoms. The van der Waals surface area contributed by atoms with E-state index in [1.54, 1.807) is 6.92 Å². The first-order valence-electron chi connectivity index (χ1n) is 4.83. The molecule has 0 bridgehead atoms. The molecular weight excluding hydrogens is 249 g/mol. The van der Waals surface area contributed by atoms with Crippen LogP contribution in [0.2, 0.25) is 0 Å². The van der Waals surface area contributed by atoms with Crippen LogP contribution in [0.15, 0.2) is 12.1 Å². The topological polar surface area (TPSA) is 70.7 Å². The van der Waals surface area contributed by atoms with E-state index in [1.165, 1.54) is 0 Å². The molecule has 1 aromatic carbocycles. The molecule has 5 nitrogen and oxygen atoms in total. The molecule has 0 aliphatic rings. The molecule has 0 fully saturated rings. The minimum Gasteiger partial charge on any atom is -0.289 e. The van der Waals surface area contributed by atoms with Crippen molar-refractivity contribution in [1.29, 1.82) is 0 Å². The van der Waals surface area contributed by atoms with Gasteiger partial charge in [-0.3, -0.25) is 15.2 Å². The molecule has 0 aliphatic heterocycles. The van der Waals surface area contributed by atoms with Gasteiger partial charge < -0.3 is 0 Å². The average molecular weight is 256 g/mol. The van der Waals surface area contributed by atoms with Crippen molar-refractivity contribution >= 4 is 11.9 Å². The van der Waals surface area contributed by atoms with Gasteiger partial charge in [-0.2, -0.15) is 4.98 Å². The van der Waals surface area contributed by atoms with Gasteiger partial charge in [0.1, 0.15) is 5.82 Å². The Bertz CT molecular complexity index is 611. The number of hydrogen-bond acceptors (Lipinski definition) is 3. The third-order valence-electron chi connectivity index (χ3n) is 2.10. The zero-order chi connectivity index (χ0) is 13.3. The highest BCUT2D eigenvalue weighted by Gasteiger charge is 2.19. The minimum absolute atomic E-state index is 0.0818. The summed E-state index contributed by atoms with van der Waals surface area (Å²) in [7, 11) is 0. The van der Waals surface area contributed by atoms with Crippen LogP contribution in [0.1, 0.15) is 16.2 Å². The first-order chi connectivity index (χ1) is 8.49. The highest BCUT2D eigenvalue weighted by molar-refractivity contribution is 6.03. The maximum atomic E-state index is 13.3. The van der Waals surface area contributed by atoms with Gasteiger partial charge in [-0.15, -0.1) is 5.10 Å². The van der Waals surface area contributed by atoms with E-state index in [-0.39, 0.29) is 5.95 Å². The summed E-state index contributed by atoms with van der Waals surface area (Å²) in [5.41, 5.74) is -0.628. The molecule has 18 heavy (non-hydrogen) atoms. The molecule has 1 heterocycles. The van der Waals surface area contributed by atoms with Gasteiger partial charge in [0.2, 0.25) is 5.95 Å². The second-order valence-corrected chi connectivity index (χ2v) is 3.42. The number of hydrogen-bond donors (Lipinski definition) is 2. The minimum atomic E-state index is -1.70. The summed E-state index contributed by atoms with van der Waals surface area (Å²) in [6.45, 7) is 1.60. The molecule has 0 spiro atoms. The molecule has 2 N–H and O–H groups in total. The Morgan fingerprint density at radius 1 is 1.28 bits per heavy atom. The summed E-state index contributed by atoms with van der Waals surface area (Å²) in [6.07, 6.45) is 0. The lowest BCUT2D eigenvalue weighted by atomic mass is 10.2. The fourth-order valence-corrected chi connectivity index (χ4v) is 1.27. The highest BCUT2D eigenvalue weighted by Crippen LogP contribution is 2.16. The standard InChI is InChI=1S/C10H7F3N4O/c1-4-14-10(17-16-4)15-9(18)5-2-3-6(11)8(13)7(5)12/h2-3H,1H3,(H2,14,15,16,17,18). The molecule has 0 saturated carbocycles. The van der Waals surface area contributed by atoms with Crippen molar-refractivity contribution in [3.63, 3.8) is 0 Å². The predicted octanol–water partition coefficient (Wildman–Crippen LogP) is 1.78. The van der Waals surface area contributed by atoms with E-state index < -0.39 is 28.9 Å². The molecule has 1 amide bonds. The van der Waals surface area contributed by atoms with Crippen molar-refractivity contribution in [3.05, 3.63) is 41.0 Å². The number of amides is 1. The third kappa shape index (κ3) is 2.17. The number of aromatic amines is 1. The Hall–Kier alpha value is -2.38. The van der Waals surface area contributed by atoms with Crippen molar-refractivity contribution in [2.45, 2.75) is 6.92 Å². The van der Waals surface area contributed by atoms with Crippen LogP contribution in [0.4, 0.5) is 19.1 Å². The Morgan fingerprint density at radius 3 is 2.61 bits per heavy atom. The Labute approximate surface area is 99.0 Å². The number of anilines is 1. The number of carbonyl (C=O) groups excluding carboxylic acids is 1. The van der Waals surface area contributed by atoms with E-state index in [2.05, 4.69) is 20.5 Å². The number of nitrogens with one attached hydrogen (secondary N) is 2. The summed E-state index contributed by atoms with van der Waals surface area (Å²) in [5, 5.41) is 8.19. The molecule has 0 unspecified atom stereocenters. The molecule has 2 aromatic rings. The number of aromatic nitrogens is 3. The molecular formula is C10H7F3N4O. The quantitative estimate of drug-likeness (QED) is 0.804. The Kier molecular flexibility index (Phi) is 3.00. The van der Waals surface area contributed by atoms with E-state index in [0.29, 0.717) is 11.9 Å². The lowest BCUT2D eigenvalue weighted by Gasteiger charge is -2.03. The fourth-order valence-electron chi connectivity index (χ4n) is 1.27. The number of benzene rings is 1. The Morgan fingerprint density at radius 2 is 2.00 bits per heavy atom. The zero-order valence-electron chi connectivity index (χ0n) is 9.09. The van der Waals surface area contributed by atoms with Crippen LogP contribution in [0.25, 0.3) is 0 Å². The maximum Gasteiger partial charge on any atom is 0.261 e. The molecule has 0 aliphatic carbocycles. The van der Waals surface area contributed by atoms with Crippen molar-refractivity contribution < 1.29 is 18.0 Å². The number of H-pyrrole nitrogens is 1. The largest absolute Gasteiger partial charge is 0.289 e. The lowest BCUT2D eigenvalue weighted by molar-refractivity contribution is 0.102. The van der Waals surface area contributed by atoms with Crippen molar-refractivity contribution in [2.24, 2.45) is 0 Å². The van der Waals surface area contributed by atoms with Gasteiger partial charge in [0, 0.05) is 0 Å². The molecule has 2 rings (SSSR count). The van der Waals surface area contributed by atoms with Crippen molar-refractivity contribution in [2.75, 3.05) is 5.32 Å².